The van der Waals surface area contributed by atoms with Gasteiger partial charge in [-0.25, -0.2) is 4.79 Å². The number of ether oxygens (including phenoxy) is 1. The number of rotatable bonds is 5. The SMILES string of the molecule is Cc1cc2oc(=O)cc(COC(=O)[C@@H]3CC(=O)N(Cc4ccco4)C3)c2cc1Cl. The van der Waals surface area contributed by atoms with Crippen molar-refractivity contribution in [1.29, 1.82) is 0 Å². The maximum absolute atomic E-state index is 12.5. The molecule has 1 aromatic carbocycles. The van der Waals surface area contributed by atoms with Crippen LogP contribution in [-0.4, -0.2) is 23.3 Å². The molecule has 0 radical (unpaired) electrons. The number of furan rings is 1. The molecule has 150 valence electrons. The number of amides is 1. The summed E-state index contributed by atoms with van der Waals surface area (Å²) in [7, 11) is 0. The van der Waals surface area contributed by atoms with Crippen LogP contribution >= 0.6 is 11.6 Å². The summed E-state index contributed by atoms with van der Waals surface area (Å²) in [6.45, 7) is 2.28. The maximum atomic E-state index is 12.5. The zero-order valence-electron chi connectivity index (χ0n) is 15.6. The van der Waals surface area contributed by atoms with Gasteiger partial charge < -0.3 is 18.5 Å². The minimum atomic E-state index is -0.560. The molecule has 1 amide bonds. The fourth-order valence-corrected chi connectivity index (χ4v) is 3.57. The summed E-state index contributed by atoms with van der Waals surface area (Å²) in [5.74, 6) is -0.520. The maximum Gasteiger partial charge on any atom is 0.336 e. The zero-order valence-corrected chi connectivity index (χ0v) is 16.4. The topological polar surface area (TPSA) is 90.0 Å². The number of halogens is 1. The summed E-state index contributed by atoms with van der Waals surface area (Å²) in [4.78, 5) is 38.1. The Bertz CT molecular complexity index is 1130. The molecule has 0 aliphatic carbocycles. The van der Waals surface area contributed by atoms with Gasteiger partial charge in [-0.3, -0.25) is 9.59 Å². The number of likely N-dealkylation sites (tertiary alicyclic amines) is 1. The van der Waals surface area contributed by atoms with Gasteiger partial charge in [0.2, 0.25) is 5.91 Å². The lowest BCUT2D eigenvalue weighted by atomic mass is 10.1. The Morgan fingerprint density at radius 1 is 1.31 bits per heavy atom. The summed E-state index contributed by atoms with van der Waals surface area (Å²) < 4.78 is 15.9. The molecular weight excluding hydrogens is 398 g/mol. The Kier molecular flexibility index (Phi) is 5.15. The monoisotopic (exact) mass is 415 g/mol. The first kappa shape index (κ1) is 19.3. The number of aryl methyl sites for hydroxylation is 1. The Balaban J connectivity index is 1.45. The second kappa shape index (κ2) is 7.75. The molecule has 1 aliphatic rings. The predicted molar refractivity (Wildman–Crippen MR) is 104 cm³/mol. The lowest BCUT2D eigenvalue weighted by molar-refractivity contribution is -0.149. The number of esters is 1. The van der Waals surface area contributed by atoms with Crippen LogP contribution in [0.3, 0.4) is 0 Å². The normalized spacial score (nSPS) is 16.6. The summed E-state index contributed by atoms with van der Waals surface area (Å²) in [5.41, 5.74) is 1.12. The van der Waals surface area contributed by atoms with Gasteiger partial charge in [0.25, 0.3) is 0 Å². The van der Waals surface area contributed by atoms with Crippen LogP contribution in [0, 0.1) is 12.8 Å². The average molecular weight is 416 g/mol. The number of carbonyl (C=O) groups is 2. The van der Waals surface area contributed by atoms with Crippen LogP contribution in [-0.2, 0) is 27.5 Å². The number of carbonyl (C=O) groups excluding carboxylic acids is 2. The molecule has 0 saturated carbocycles. The number of hydrogen-bond donors (Lipinski definition) is 0. The first-order valence-corrected chi connectivity index (χ1v) is 9.48. The second-order valence-electron chi connectivity index (χ2n) is 7.05. The van der Waals surface area contributed by atoms with Crippen molar-refractivity contribution in [1.82, 2.24) is 4.90 Å². The highest BCUT2D eigenvalue weighted by atomic mass is 35.5. The van der Waals surface area contributed by atoms with Crippen molar-refractivity contribution >= 4 is 34.4 Å². The van der Waals surface area contributed by atoms with Gasteiger partial charge in [0.05, 0.1) is 18.7 Å². The quantitative estimate of drug-likeness (QED) is 0.468. The van der Waals surface area contributed by atoms with E-state index < -0.39 is 17.5 Å². The van der Waals surface area contributed by atoms with Crippen LogP contribution in [0.1, 0.15) is 23.3 Å². The van der Waals surface area contributed by atoms with Gasteiger partial charge in [-0.05, 0) is 36.8 Å². The summed E-state index contributed by atoms with van der Waals surface area (Å²) in [5, 5.41) is 1.13. The number of benzene rings is 1. The van der Waals surface area contributed by atoms with Crippen molar-refractivity contribution in [2.45, 2.75) is 26.5 Å². The van der Waals surface area contributed by atoms with E-state index in [1.54, 1.807) is 36.1 Å². The zero-order chi connectivity index (χ0) is 20.5. The smallest absolute Gasteiger partial charge is 0.336 e. The van der Waals surface area contributed by atoms with Crippen molar-refractivity contribution < 1.29 is 23.2 Å². The fourth-order valence-electron chi connectivity index (χ4n) is 3.41. The van der Waals surface area contributed by atoms with Crippen LogP contribution < -0.4 is 5.63 Å². The highest BCUT2D eigenvalue weighted by molar-refractivity contribution is 6.32. The third-order valence-corrected chi connectivity index (χ3v) is 5.36. The van der Waals surface area contributed by atoms with Gasteiger partial charge in [0.15, 0.2) is 0 Å². The van der Waals surface area contributed by atoms with E-state index in [2.05, 4.69) is 0 Å². The van der Waals surface area contributed by atoms with Crippen LogP contribution in [0.2, 0.25) is 5.02 Å². The molecule has 1 atom stereocenters. The molecule has 1 aliphatic heterocycles. The Hall–Kier alpha value is -3.06. The number of fused-ring (bicyclic) bond motifs is 1. The van der Waals surface area contributed by atoms with Crippen LogP contribution in [0.4, 0.5) is 0 Å². The Morgan fingerprint density at radius 3 is 2.90 bits per heavy atom. The summed E-state index contributed by atoms with van der Waals surface area (Å²) in [6, 6.07) is 8.16. The molecule has 2 aromatic heterocycles. The van der Waals surface area contributed by atoms with E-state index in [1.165, 1.54) is 12.3 Å². The summed E-state index contributed by atoms with van der Waals surface area (Å²) in [6.07, 6.45) is 1.62. The highest BCUT2D eigenvalue weighted by Gasteiger charge is 2.35. The van der Waals surface area contributed by atoms with E-state index in [0.717, 1.165) is 5.56 Å². The van der Waals surface area contributed by atoms with Gasteiger partial charge in [0.1, 0.15) is 18.0 Å². The molecule has 1 saturated heterocycles. The number of nitrogens with zero attached hydrogens (tertiary/aromatic N) is 1. The van der Waals surface area contributed by atoms with Gasteiger partial charge in [-0.15, -0.1) is 0 Å². The van der Waals surface area contributed by atoms with Crippen LogP contribution in [0.25, 0.3) is 11.0 Å². The first-order chi connectivity index (χ1) is 13.9. The van der Waals surface area contributed by atoms with Gasteiger partial charge >= 0.3 is 11.6 Å². The molecule has 0 bridgehead atoms. The number of hydrogen-bond acceptors (Lipinski definition) is 6. The van der Waals surface area contributed by atoms with Crippen LogP contribution in [0.15, 0.2) is 50.2 Å². The molecule has 29 heavy (non-hydrogen) atoms. The molecule has 0 unspecified atom stereocenters. The van der Waals surface area contributed by atoms with E-state index in [9.17, 15) is 14.4 Å². The molecule has 0 spiro atoms. The summed E-state index contributed by atoms with van der Waals surface area (Å²) >= 11 is 6.18. The highest BCUT2D eigenvalue weighted by Crippen LogP contribution is 2.26. The van der Waals surface area contributed by atoms with E-state index >= 15 is 0 Å². The largest absolute Gasteiger partial charge is 0.467 e. The lowest BCUT2D eigenvalue weighted by Gasteiger charge is -2.15. The Morgan fingerprint density at radius 2 is 2.14 bits per heavy atom. The molecular formula is C21H18ClNO6. The van der Waals surface area contributed by atoms with E-state index in [1.807, 2.05) is 0 Å². The molecule has 7 nitrogen and oxygen atoms in total. The first-order valence-electron chi connectivity index (χ1n) is 9.10. The fraction of sp³-hybridized carbons (Fsp3) is 0.286. The average Bonchev–Trinajstić information content (AvgIpc) is 3.31. The molecule has 4 rings (SSSR count). The molecule has 0 N–H and O–H groups in total. The third kappa shape index (κ3) is 4.05. The third-order valence-electron chi connectivity index (χ3n) is 4.95. The minimum Gasteiger partial charge on any atom is -0.467 e. The van der Waals surface area contributed by atoms with Crippen molar-refractivity contribution in [3.63, 3.8) is 0 Å². The van der Waals surface area contributed by atoms with Gasteiger partial charge in [-0.2, -0.15) is 0 Å². The second-order valence-corrected chi connectivity index (χ2v) is 7.46. The van der Waals surface area contributed by atoms with E-state index in [0.29, 0.717) is 33.9 Å². The Labute approximate surface area is 170 Å². The lowest BCUT2D eigenvalue weighted by Crippen LogP contribution is -2.26. The molecule has 3 aromatic rings. The van der Waals surface area contributed by atoms with Crippen molar-refractivity contribution in [3.05, 3.63) is 68.9 Å². The minimum absolute atomic E-state index is 0.0856. The van der Waals surface area contributed by atoms with Crippen molar-refractivity contribution in [2.75, 3.05) is 6.54 Å². The molecule has 1 fully saturated rings. The molecule has 3 heterocycles. The van der Waals surface area contributed by atoms with Gasteiger partial charge in [0, 0.05) is 35.0 Å². The predicted octanol–water partition coefficient (Wildman–Crippen LogP) is 3.44. The molecule has 8 heteroatoms. The van der Waals surface area contributed by atoms with E-state index in [-0.39, 0.29) is 25.5 Å². The van der Waals surface area contributed by atoms with Crippen LogP contribution in [0.5, 0.6) is 0 Å². The van der Waals surface area contributed by atoms with E-state index in [4.69, 9.17) is 25.2 Å². The van der Waals surface area contributed by atoms with Crippen molar-refractivity contribution in [2.24, 2.45) is 5.92 Å². The van der Waals surface area contributed by atoms with Gasteiger partial charge in [-0.1, -0.05) is 11.6 Å². The standard InChI is InChI=1S/C21H18ClNO6/c1-12-5-18-16(8-17(12)22)14(7-20(25)29-18)11-28-21(26)13-6-19(24)23(9-13)10-15-3-2-4-27-15/h2-5,7-8,13H,6,9-11H2,1H3/t13-/m1/s1. The van der Waals surface area contributed by atoms with Crippen molar-refractivity contribution in [3.8, 4) is 0 Å².